The number of halogens is 1. The average Bonchev–Trinajstić information content (AvgIpc) is 2.59. The number of rotatable bonds is 8. The van der Waals surface area contributed by atoms with E-state index >= 15 is 0 Å². The second-order valence-corrected chi connectivity index (χ2v) is 9.38. The zero-order chi connectivity index (χ0) is 19.4. The van der Waals surface area contributed by atoms with Gasteiger partial charge in [0.25, 0.3) is 0 Å². The van der Waals surface area contributed by atoms with Gasteiger partial charge in [0.1, 0.15) is 18.2 Å². The largest absolute Gasteiger partial charge is 0.492 e. The Morgan fingerprint density at radius 3 is 2.00 bits per heavy atom. The number of hydrogen-bond donors (Lipinski definition) is 1. The van der Waals surface area contributed by atoms with Crippen LogP contribution in [-0.2, 0) is 20.0 Å². The minimum atomic E-state index is -3.75. The third-order valence-electron chi connectivity index (χ3n) is 3.39. The maximum absolute atomic E-state index is 12.8. The highest BCUT2D eigenvalue weighted by Crippen LogP contribution is 2.18. The van der Waals surface area contributed by atoms with Gasteiger partial charge in [-0.2, -0.15) is 0 Å². The molecule has 0 spiro atoms. The Morgan fingerprint density at radius 1 is 0.923 bits per heavy atom. The molecular formula is C16H19FN2O5S2. The van der Waals surface area contributed by atoms with Crippen molar-refractivity contribution in [3.8, 4) is 5.75 Å². The Kier molecular flexibility index (Phi) is 6.34. The fourth-order valence-electron chi connectivity index (χ4n) is 1.96. The molecule has 0 saturated carbocycles. The maximum Gasteiger partial charge on any atom is 0.242 e. The molecule has 0 atom stereocenters. The Balaban J connectivity index is 1.89. The van der Waals surface area contributed by atoms with Crippen molar-refractivity contribution in [2.75, 3.05) is 27.2 Å². The fourth-order valence-corrected chi connectivity index (χ4v) is 3.88. The number of ether oxygens (including phenoxy) is 1. The van der Waals surface area contributed by atoms with Crippen LogP contribution in [-0.4, -0.2) is 48.4 Å². The molecule has 2 aromatic rings. The summed E-state index contributed by atoms with van der Waals surface area (Å²) in [5.74, 6) is -0.115. The molecule has 26 heavy (non-hydrogen) atoms. The highest BCUT2D eigenvalue weighted by atomic mass is 32.2. The summed E-state index contributed by atoms with van der Waals surface area (Å²) >= 11 is 0. The number of benzene rings is 2. The van der Waals surface area contributed by atoms with E-state index in [9.17, 15) is 21.2 Å². The second kappa shape index (κ2) is 8.12. The molecule has 0 aliphatic carbocycles. The molecule has 0 saturated heterocycles. The molecule has 0 fully saturated rings. The Bertz CT molecular complexity index is 941. The first kappa shape index (κ1) is 20.3. The van der Waals surface area contributed by atoms with Gasteiger partial charge in [0.05, 0.1) is 9.79 Å². The predicted molar refractivity (Wildman–Crippen MR) is 94.4 cm³/mol. The van der Waals surface area contributed by atoms with Gasteiger partial charge in [-0.15, -0.1) is 0 Å². The van der Waals surface area contributed by atoms with Crippen LogP contribution in [0, 0.1) is 5.82 Å². The van der Waals surface area contributed by atoms with Gasteiger partial charge in [-0.25, -0.2) is 30.3 Å². The van der Waals surface area contributed by atoms with Gasteiger partial charge in [-0.3, -0.25) is 0 Å². The lowest BCUT2D eigenvalue weighted by Gasteiger charge is -2.12. The lowest BCUT2D eigenvalue weighted by molar-refractivity contribution is 0.322. The summed E-state index contributed by atoms with van der Waals surface area (Å²) in [4.78, 5) is 0.0870. The molecule has 2 rings (SSSR count). The van der Waals surface area contributed by atoms with Crippen molar-refractivity contribution >= 4 is 20.0 Å². The van der Waals surface area contributed by atoms with E-state index < -0.39 is 25.9 Å². The fraction of sp³-hybridized carbons (Fsp3) is 0.250. The first-order valence-corrected chi connectivity index (χ1v) is 10.5. The predicted octanol–water partition coefficient (Wildman–Crippen LogP) is 1.43. The van der Waals surface area contributed by atoms with E-state index in [0.29, 0.717) is 5.75 Å². The van der Waals surface area contributed by atoms with Crippen LogP contribution in [0.5, 0.6) is 5.75 Å². The Morgan fingerprint density at radius 2 is 1.46 bits per heavy atom. The molecule has 0 radical (unpaired) electrons. The van der Waals surface area contributed by atoms with Gasteiger partial charge in [-0.1, -0.05) is 0 Å². The van der Waals surface area contributed by atoms with Crippen LogP contribution in [0.3, 0.4) is 0 Å². The molecular weight excluding hydrogens is 383 g/mol. The van der Waals surface area contributed by atoms with Crippen LogP contribution in [0.2, 0.25) is 0 Å². The van der Waals surface area contributed by atoms with Crippen LogP contribution in [0.25, 0.3) is 0 Å². The standard InChI is InChI=1S/C16H19FN2O5S2/c1-19(2)26(22,23)16-9-5-14(6-10-16)24-12-11-18-25(20,21)15-7-3-13(17)4-8-15/h3-10,18H,11-12H2,1-2H3. The van der Waals surface area contributed by atoms with E-state index in [1.807, 2.05) is 0 Å². The smallest absolute Gasteiger partial charge is 0.242 e. The molecule has 0 unspecified atom stereocenters. The van der Waals surface area contributed by atoms with Gasteiger partial charge in [0.2, 0.25) is 20.0 Å². The topological polar surface area (TPSA) is 92.8 Å². The van der Waals surface area contributed by atoms with Crippen molar-refractivity contribution in [3.63, 3.8) is 0 Å². The molecule has 0 aliphatic rings. The first-order valence-electron chi connectivity index (χ1n) is 7.53. The molecule has 7 nitrogen and oxygen atoms in total. The summed E-state index contributed by atoms with van der Waals surface area (Å²) in [6, 6.07) is 10.3. The molecule has 0 amide bonds. The van der Waals surface area contributed by atoms with E-state index in [4.69, 9.17) is 4.74 Å². The Labute approximate surface area is 152 Å². The number of sulfonamides is 2. The van der Waals surface area contributed by atoms with Crippen LogP contribution in [0.4, 0.5) is 4.39 Å². The minimum absolute atomic E-state index is 0.00252. The summed E-state index contributed by atoms with van der Waals surface area (Å²) in [7, 11) is -4.39. The van der Waals surface area contributed by atoms with Crippen molar-refractivity contribution < 1.29 is 26.0 Å². The van der Waals surface area contributed by atoms with E-state index in [1.54, 1.807) is 0 Å². The zero-order valence-electron chi connectivity index (χ0n) is 14.2. The molecule has 2 aromatic carbocycles. The van der Waals surface area contributed by atoms with E-state index in [-0.39, 0.29) is 22.9 Å². The van der Waals surface area contributed by atoms with Crippen molar-refractivity contribution in [1.82, 2.24) is 9.03 Å². The SMILES string of the molecule is CN(C)S(=O)(=O)c1ccc(OCCNS(=O)(=O)c2ccc(F)cc2)cc1. The van der Waals surface area contributed by atoms with Gasteiger partial charge < -0.3 is 4.74 Å². The third-order valence-corrected chi connectivity index (χ3v) is 6.70. The van der Waals surface area contributed by atoms with Crippen LogP contribution < -0.4 is 9.46 Å². The second-order valence-electron chi connectivity index (χ2n) is 5.46. The molecule has 0 heterocycles. The normalized spacial score (nSPS) is 12.3. The lowest BCUT2D eigenvalue weighted by atomic mass is 10.3. The maximum atomic E-state index is 12.8. The molecule has 0 bridgehead atoms. The third kappa shape index (κ3) is 5.01. The van der Waals surface area contributed by atoms with Crippen LogP contribution in [0.15, 0.2) is 58.3 Å². The van der Waals surface area contributed by atoms with Gasteiger partial charge in [0.15, 0.2) is 0 Å². The molecule has 1 N–H and O–H groups in total. The van der Waals surface area contributed by atoms with Crippen LogP contribution >= 0.6 is 0 Å². The summed E-state index contributed by atoms with van der Waals surface area (Å²) < 4.78 is 69.6. The van der Waals surface area contributed by atoms with Gasteiger partial charge in [-0.05, 0) is 48.5 Å². The number of nitrogens with one attached hydrogen (secondary N) is 1. The lowest BCUT2D eigenvalue weighted by Crippen LogP contribution is -2.28. The molecule has 142 valence electrons. The average molecular weight is 402 g/mol. The summed E-state index contributed by atoms with van der Waals surface area (Å²) in [5.41, 5.74) is 0. The summed E-state index contributed by atoms with van der Waals surface area (Å²) in [6.07, 6.45) is 0. The number of nitrogens with zero attached hydrogens (tertiary/aromatic N) is 1. The van der Waals surface area contributed by atoms with Crippen molar-refractivity contribution in [1.29, 1.82) is 0 Å². The molecule has 10 heteroatoms. The van der Waals surface area contributed by atoms with Gasteiger partial charge in [0, 0.05) is 20.6 Å². The zero-order valence-corrected chi connectivity index (χ0v) is 15.8. The summed E-state index contributed by atoms with van der Waals surface area (Å²) in [5, 5.41) is 0. The van der Waals surface area contributed by atoms with E-state index in [1.165, 1.54) is 50.5 Å². The summed E-state index contributed by atoms with van der Waals surface area (Å²) in [6.45, 7) is 0.0393. The van der Waals surface area contributed by atoms with Gasteiger partial charge >= 0.3 is 0 Å². The highest BCUT2D eigenvalue weighted by molar-refractivity contribution is 7.89. The quantitative estimate of drug-likeness (QED) is 0.675. The molecule has 0 aromatic heterocycles. The highest BCUT2D eigenvalue weighted by Gasteiger charge is 2.17. The molecule has 0 aliphatic heterocycles. The van der Waals surface area contributed by atoms with E-state index in [0.717, 1.165) is 16.4 Å². The Hall–Kier alpha value is -2.01. The van der Waals surface area contributed by atoms with Crippen molar-refractivity contribution in [3.05, 3.63) is 54.3 Å². The van der Waals surface area contributed by atoms with E-state index in [2.05, 4.69) is 4.72 Å². The first-order chi connectivity index (χ1) is 12.1. The number of hydrogen-bond acceptors (Lipinski definition) is 5. The monoisotopic (exact) mass is 402 g/mol. The van der Waals surface area contributed by atoms with Crippen molar-refractivity contribution in [2.45, 2.75) is 9.79 Å². The van der Waals surface area contributed by atoms with Crippen molar-refractivity contribution in [2.24, 2.45) is 0 Å². The van der Waals surface area contributed by atoms with Crippen LogP contribution in [0.1, 0.15) is 0 Å². The minimum Gasteiger partial charge on any atom is -0.492 e.